The number of aliphatic hydroxyl groups is 1. The van der Waals surface area contributed by atoms with Gasteiger partial charge < -0.3 is 19.5 Å². The molecule has 0 bridgehead atoms. The molecule has 6 heteroatoms. The number of ketones is 1. The lowest BCUT2D eigenvalue weighted by Gasteiger charge is -2.29. The number of carbonyl (C=O) groups excluding carboxylic acids is 2. The highest BCUT2D eigenvalue weighted by atomic mass is 16.5. The van der Waals surface area contributed by atoms with Crippen LogP contribution in [0.5, 0.6) is 11.5 Å². The van der Waals surface area contributed by atoms with Crippen LogP contribution in [0, 0.1) is 0 Å². The fourth-order valence-electron chi connectivity index (χ4n) is 2.55. The van der Waals surface area contributed by atoms with Gasteiger partial charge in [-0.1, -0.05) is 12.1 Å². The second kappa shape index (κ2) is 6.72. The zero-order valence-electron chi connectivity index (χ0n) is 13.2. The van der Waals surface area contributed by atoms with Gasteiger partial charge in [-0.3, -0.25) is 9.59 Å². The lowest BCUT2D eigenvalue weighted by Crippen LogP contribution is -2.38. The average Bonchev–Trinajstić information content (AvgIpc) is 2.63. The highest BCUT2D eigenvalue weighted by Gasteiger charge is 2.26. The first-order chi connectivity index (χ1) is 11.6. The normalized spacial score (nSPS) is 13.2. The first-order valence-electron chi connectivity index (χ1n) is 7.46. The quantitative estimate of drug-likeness (QED) is 0.848. The van der Waals surface area contributed by atoms with E-state index in [1.165, 1.54) is 0 Å². The highest BCUT2D eigenvalue weighted by molar-refractivity contribution is 6.02. The van der Waals surface area contributed by atoms with E-state index in [9.17, 15) is 9.59 Å². The Morgan fingerprint density at radius 3 is 2.67 bits per heavy atom. The van der Waals surface area contributed by atoms with Crippen LogP contribution in [0.1, 0.15) is 15.9 Å². The van der Waals surface area contributed by atoms with Crippen molar-refractivity contribution < 1.29 is 24.2 Å². The smallest absolute Gasteiger partial charge is 0.265 e. The Bertz CT molecular complexity index is 769. The van der Waals surface area contributed by atoms with Crippen LogP contribution < -0.4 is 14.4 Å². The number of fused-ring (bicyclic) bond motifs is 1. The molecule has 1 amide bonds. The van der Waals surface area contributed by atoms with Crippen LogP contribution in [-0.4, -0.2) is 37.1 Å². The van der Waals surface area contributed by atoms with E-state index < -0.39 is 12.4 Å². The van der Waals surface area contributed by atoms with Gasteiger partial charge in [-0.25, -0.2) is 0 Å². The summed E-state index contributed by atoms with van der Waals surface area (Å²) in [5.74, 6) is 0.688. The van der Waals surface area contributed by atoms with Crippen molar-refractivity contribution in [2.75, 3.05) is 25.2 Å². The maximum atomic E-state index is 12.3. The van der Waals surface area contributed by atoms with Gasteiger partial charge in [0, 0.05) is 5.56 Å². The molecule has 1 N–H and O–H groups in total. The zero-order chi connectivity index (χ0) is 17.1. The predicted molar refractivity (Wildman–Crippen MR) is 87.5 cm³/mol. The van der Waals surface area contributed by atoms with Crippen LogP contribution in [0.25, 0.3) is 0 Å². The van der Waals surface area contributed by atoms with Crippen molar-refractivity contribution >= 4 is 17.4 Å². The molecule has 0 saturated carbocycles. The molecule has 0 saturated heterocycles. The van der Waals surface area contributed by atoms with E-state index in [-0.39, 0.29) is 12.5 Å². The molecule has 0 unspecified atom stereocenters. The lowest BCUT2D eigenvalue weighted by atomic mass is 10.1. The number of nitrogens with zero attached hydrogens (tertiary/aromatic N) is 1. The van der Waals surface area contributed by atoms with Gasteiger partial charge >= 0.3 is 0 Å². The van der Waals surface area contributed by atoms with Crippen molar-refractivity contribution in [3.63, 3.8) is 0 Å². The third-order valence-electron chi connectivity index (χ3n) is 3.87. The fourth-order valence-corrected chi connectivity index (χ4v) is 2.55. The molecule has 24 heavy (non-hydrogen) atoms. The minimum atomic E-state index is -0.577. The van der Waals surface area contributed by atoms with Crippen molar-refractivity contribution in [2.45, 2.75) is 6.54 Å². The van der Waals surface area contributed by atoms with Gasteiger partial charge in [0.1, 0.15) is 18.1 Å². The molecule has 0 atom stereocenters. The monoisotopic (exact) mass is 327 g/mol. The number of methoxy groups -OCH3 is 1. The maximum absolute atomic E-state index is 12.3. The molecule has 2 aromatic rings. The van der Waals surface area contributed by atoms with Gasteiger partial charge in [0.2, 0.25) is 0 Å². The number of benzene rings is 2. The van der Waals surface area contributed by atoms with Crippen molar-refractivity contribution in [3.8, 4) is 11.5 Å². The van der Waals surface area contributed by atoms with E-state index in [1.54, 1.807) is 30.2 Å². The molecule has 0 aromatic heterocycles. The third-order valence-corrected chi connectivity index (χ3v) is 3.87. The van der Waals surface area contributed by atoms with E-state index in [0.29, 0.717) is 23.5 Å². The molecule has 3 rings (SSSR count). The molecule has 1 heterocycles. The Morgan fingerprint density at radius 1 is 1.25 bits per heavy atom. The number of Topliss-reactive ketones (excluding diaryl/α,β-unsaturated/α-hetero) is 1. The predicted octanol–water partition coefficient (Wildman–Crippen LogP) is 1.80. The molecular weight excluding hydrogens is 310 g/mol. The van der Waals surface area contributed by atoms with Gasteiger partial charge in [-0.05, 0) is 35.9 Å². The Morgan fingerprint density at radius 2 is 2.00 bits per heavy atom. The summed E-state index contributed by atoms with van der Waals surface area (Å²) in [6, 6.07) is 12.2. The Kier molecular flexibility index (Phi) is 4.48. The van der Waals surface area contributed by atoms with E-state index in [4.69, 9.17) is 14.6 Å². The summed E-state index contributed by atoms with van der Waals surface area (Å²) in [6.07, 6.45) is 0. The number of carbonyl (C=O) groups is 2. The van der Waals surface area contributed by atoms with Crippen molar-refractivity contribution in [1.82, 2.24) is 0 Å². The van der Waals surface area contributed by atoms with Crippen molar-refractivity contribution in [1.29, 1.82) is 0 Å². The van der Waals surface area contributed by atoms with Crippen molar-refractivity contribution in [3.05, 3.63) is 53.6 Å². The summed E-state index contributed by atoms with van der Waals surface area (Å²) in [6.45, 7) is -0.265. The van der Waals surface area contributed by atoms with Crippen LogP contribution >= 0.6 is 0 Å². The topological polar surface area (TPSA) is 76.1 Å². The van der Waals surface area contributed by atoms with E-state index >= 15 is 0 Å². The standard InChI is InChI=1S/C18H17NO5/c1-23-14-5-2-12(3-6-14)9-19-15-8-13(16(21)10-20)4-7-17(15)24-11-18(19)22/h2-8,20H,9-11H2,1H3. The number of anilines is 1. The first-order valence-corrected chi connectivity index (χ1v) is 7.46. The second-order valence-electron chi connectivity index (χ2n) is 5.38. The summed E-state index contributed by atoms with van der Waals surface area (Å²) in [7, 11) is 1.59. The molecule has 2 aromatic carbocycles. The molecule has 0 aliphatic carbocycles. The molecule has 6 nitrogen and oxygen atoms in total. The highest BCUT2D eigenvalue weighted by Crippen LogP contribution is 2.34. The number of hydrogen-bond acceptors (Lipinski definition) is 5. The summed E-state index contributed by atoms with van der Waals surface area (Å²) >= 11 is 0. The van der Waals surface area contributed by atoms with Crippen molar-refractivity contribution in [2.24, 2.45) is 0 Å². The zero-order valence-corrected chi connectivity index (χ0v) is 13.2. The van der Waals surface area contributed by atoms with Crippen LogP contribution in [0.4, 0.5) is 5.69 Å². The number of rotatable bonds is 5. The molecule has 0 fully saturated rings. The lowest BCUT2D eigenvalue weighted by molar-refractivity contribution is -0.121. The largest absolute Gasteiger partial charge is 0.497 e. The van der Waals surface area contributed by atoms with E-state index in [2.05, 4.69) is 0 Å². The minimum absolute atomic E-state index is 0.0452. The van der Waals surface area contributed by atoms with Gasteiger partial charge in [0.05, 0.1) is 19.3 Å². The number of ether oxygens (including phenoxy) is 2. The average molecular weight is 327 g/mol. The number of hydrogen-bond donors (Lipinski definition) is 1. The van der Waals surface area contributed by atoms with Gasteiger partial charge in [-0.2, -0.15) is 0 Å². The van der Waals surface area contributed by atoms with Gasteiger partial charge in [-0.15, -0.1) is 0 Å². The molecular formula is C18H17NO5. The Labute approximate surface area is 139 Å². The fraction of sp³-hybridized carbons (Fsp3) is 0.222. The molecule has 1 aliphatic heterocycles. The van der Waals surface area contributed by atoms with Gasteiger partial charge in [0.15, 0.2) is 12.4 Å². The Hall–Kier alpha value is -2.86. The Balaban J connectivity index is 1.92. The van der Waals surface area contributed by atoms with Crippen LogP contribution in [-0.2, 0) is 11.3 Å². The van der Waals surface area contributed by atoms with Crippen LogP contribution in [0.2, 0.25) is 0 Å². The summed E-state index contributed by atoms with van der Waals surface area (Å²) in [5.41, 5.74) is 1.80. The number of aliphatic hydroxyl groups excluding tert-OH is 1. The summed E-state index contributed by atoms with van der Waals surface area (Å²) < 4.78 is 10.6. The third kappa shape index (κ3) is 3.09. The maximum Gasteiger partial charge on any atom is 0.265 e. The number of amides is 1. The molecule has 0 radical (unpaired) electrons. The molecule has 124 valence electrons. The molecule has 1 aliphatic rings. The van der Waals surface area contributed by atoms with Crippen LogP contribution in [0.3, 0.4) is 0 Å². The minimum Gasteiger partial charge on any atom is -0.497 e. The first kappa shape index (κ1) is 16.0. The van der Waals surface area contributed by atoms with E-state index in [1.807, 2.05) is 24.3 Å². The summed E-state index contributed by atoms with van der Waals surface area (Å²) in [5, 5.41) is 9.02. The molecule has 0 spiro atoms. The SMILES string of the molecule is COc1ccc(CN2C(=O)COc3ccc(C(=O)CO)cc32)cc1. The van der Waals surface area contributed by atoms with Gasteiger partial charge in [0.25, 0.3) is 5.91 Å². The second-order valence-corrected chi connectivity index (χ2v) is 5.38. The van der Waals surface area contributed by atoms with E-state index in [0.717, 1.165) is 11.3 Å². The summed E-state index contributed by atoms with van der Waals surface area (Å²) in [4.78, 5) is 25.6. The van der Waals surface area contributed by atoms with Crippen LogP contribution in [0.15, 0.2) is 42.5 Å².